The van der Waals surface area contributed by atoms with Crippen LogP contribution >= 0.6 is 0 Å². The lowest BCUT2D eigenvalue weighted by Gasteiger charge is -2.50. The molecule has 0 spiro atoms. The third kappa shape index (κ3) is 9.34. The fourth-order valence-electron chi connectivity index (χ4n) is 8.30. The van der Waals surface area contributed by atoms with Gasteiger partial charge >= 0.3 is 18.3 Å². The average molecular weight is 818 g/mol. The van der Waals surface area contributed by atoms with Crippen molar-refractivity contribution in [2.45, 2.75) is 132 Å². The van der Waals surface area contributed by atoms with Gasteiger partial charge in [-0.05, 0) is 36.3 Å². The van der Waals surface area contributed by atoms with Crippen molar-refractivity contribution in [1.82, 2.24) is 15.5 Å². The molecule has 0 aromatic heterocycles. The topological polar surface area (TPSA) is 213 Å². The number of nitrogens with zero attached hydrogens (tertiary/aromatic N) is 1. The highest BCUT2D eigenvalue weighted by Gasteiger charge is 2.60. The van der Waals surface area contributed by atoms with E-state index in [0.717, 1.165) is 11.1 Å². The van der Waals surface area contributed by atoms with Crippen LogP contribution < -0.4 is 10.6 Å². The molecule has 9 unspecified atom stereocenters. The van der Waals surface area contributed by atoms with Crippen molar-refractivity contribution < 1.29 is 72.0 Å². The molecule has 4 heterocycles. The Morgan fingerprint density at radius 1 is 0.793 bits per heavy atom. The Bertz CT molecular complexity index is 1700. The zero-order valence-corrected chi connectivity index (χ0v) is 32.4. The number of nitrogens with one attached hydrogen (secondary N) is 2. The molecule has 5 aliphatic rings. The Morgan fingerprint density at radius 2 is 1.41 bits per heavy atom. The first kappa shape index (κ1) is 42.0. The molecule has 2 aromatic rings. The zero-order valence-electron chi connectivity index (χ0n) is 32.4. The Morgan fingerprint density at radius 3 is 2.03 bits per heavy atom. The van der Waals surface area contributed by atoms with E-state index in [2.05, 4.69) is 10.6 Å². The molecule has 3 amide bonds. The standard InChI is InChI=1S/C40H52FN3O14/c1-20-14-26(46)36(54-28(20)17-45)58-37-30-34(57-40(50)44(30)3)33-27(53-37)15-21(2)35(56-33)55-32-25(43-39(49)52-19-23-12-8-5-9-13-23)16-24(31(47)29(32)41)42-38(48)51-18-22-10-6-4-7-11-22/h4-13,20-21,24-37,45-47H,14-19H2,1-3H3,(H,42,48)(H,43,49)/t20-,21?,24+,25?,26?,27-,28?,29+,30?,31?,32+,33?,34?,35-,36+,37?/m0/s1. The summed E-state index contributed by atoms with van der Waals surface area (Å²) in [5.41, 5.74) is 1.45. The summed E-state index contributed by atoms with van der Waals surface area (Å²) in [6.45, 7) is 3.24. The van der Waals surface area contributed by atoms with Gasteiger partial charge in [0.05, 0.1) is 30.9 Å². The molecule has 18 heteroatoms. The Balaban J connectivity index is 1.05. The molecule has 5 fully saturated rings. The van der Waals surface area contributed by atoms with E-state index >= 15 is 4.39 Å². The molecule has 5 N–H and O–H groups in total. The van der Waals surface area contributed by atoms with Crippen molar-refractivity contribution in [2.75, 3.05) is 13.7 Å². The van der Waals surface area contributed by atoms with Gasteiger partial charge in [-0.25, -0.2) is 18.8 Å². The minimum atomic E-state index is -2.14. The van der Waals surface area contributed by atoms with Crippen LogP contribution in [0.3, 0.4) is 0 Å². The number of rotatable bonds is 11. The summed E-state index contributed by atoms with van der Waals surface area (Å²) in [4.78, 5) is 40.2. The molecule has 4 aliphatic heterocycles. The molecule has 318 valence electrons. The maximum absolute atomic E-state index is 16.5. The van der Waals surface area contributed by atoms with Gasteiger partial charge < -0.3 is 63.8 Å². The highest BCUT2D eigenvalue weighted by Crippen LogP contribution is 2.42. The van der Waals surface area contributed by atoms with Crippen LogP contribution in [0.25, 0.3) is 0 Å². The lowest BCUT2D eigenvalue weighted by Crippen LogP contribution is -2.67. The van der Waals surface area contributed by atoms with Gasteiger partial charge in [0.1, 0.15) is 43.7 Å². The van der Waals surface area contributed by atoms with Gasteiger partial charge in [-0.2, -0.15) is 0 Å². The van der Waals surface area contributed by atoms with Gasteiger partial charge in [0.2, 0.25) is 0 Å². The number of ether oxygens (including phenoxy) is 8. The minimum absolute atomic E-state index is 0.0594. The number of aliphatic hydroxyl groups is 3. The lowest BCUT2D eigenvalue weighted by molar-refractivity contribution is -0.371. The number of hydrogen-bond acceptors (Lipinski definition) is 14. The molecular formula is C40H52FN3O14. The van der Waals surface area contributed by atoms with Gasteiger partial charge in [0.25, 0.3) is 0 Å². The number of benzene rings is 2. The molecule has 0 radical (unpaired) electrons. The van der Waals surface area contributed by atoms with Crippen molar-refractivity contribution in [2.24, 2.45) is 11.8 Å². The van der Waals surface area contributed by atoms with Gasteiger partial charge in [0, 0.05) is 13.0 Å². The third-order valence-corrected chi connectivity index (χ3v) is 11.5. The number of hydrogen-bond donors (Lipinski definition) is 5. The minimum Gasteiger partial charge on any atom is -0.445 e. The fraction of sp³-hybridized carbons (Fsp3) is 0.625. The molecular weight excluding hydrogens is 765 g/mol. The third-order valence-electron chi connectivity index (χ3n) is 11.5. The molecule has 7 rings (SSSR count). The van der Waals surface area contributed by atoms with Gasteiger partial charge in [-0.3, -0.25) is 4.90 Å². The number of amides is 3. The summed E-state index contributed by atoms with van der Waals surface area (Å²) in [7, 11) is 1.51. The maximum atomic E-state index is 16.5. The summed E-state index contributed by atoms with van der Waals surface area (Å²) in [5, 5.41) is 37.0. The number of carbonyl (C=O) groups is 3. The lowest BCUT2D eigenvalue weighted by atomic mass is 9.84. The van der Waals surface area contributed by atoms with Crippen LogP contribution in [-0.4, -0.2) is 138 Å². The molecule has 2 aromatic carbocycles. The number of halogens is 1. The van der Waals surface area contributed by atoms with Gasteiger partial charge in [0.15, 0.2) is 31.1 Å². The van der Waals surface area contributed by atoms with E-state index in [9.17, 15) is 29.7 Å². The molecule has 17 nitrogen and oxygen atoms in total. The average Bonchev–Trinajstić information content (AvgIpc) is 3.52. The normalized spacial score (nSPS) is 38.5. The van der Waals surface area contributed by atoms with Gasteiger partial charge in [-0.1, -0.05) is 74.5 Å². The predicted octanol–water partition coefficient (Wildman–Crippen LogP) is 2.48. The highest BCUT2D eigenvalue weighted by molar-refractivity contribution is 5.71. The molecule has 16 atom stereocenters. The van der Waals surface area contributed by atoms with Crippen LogP contribution in [0.1, 0.15) is 44.2 Å². The Kier molecular flexibility index (Phi) is 13.3. The summed E-state index contributed by atoms with van der Waals surface area (Å²) < 4.78 is 64.1. The maximum Gasteiger partial charge on any atom is 0.410 e. The van der Waals surface area contributed by atoms with Crippen LogP contribution in [0.4, 0.5) is 18.8 Å². The van der Waals surface area contributed by atoms with Crippen molar-refractivity contribution >= 4 is 18.3 Å². The van der Waals surface area contributed by atoms with E-state index in [4.69, 9.17) is 37.9 Å². The SMILES string of the molecule is CC1C[C@@H]2OC(O[C@H]3OC(CO)[C@@H](C)CC3O)C3C(OC(=O)N3C)C2O[C@@H]1O[C@@H]1C(NC(=O)OCc2ccccc2)C[C@@H](NC(=O)OCc2ccccc2)C(O)[C@H]1F. The van der Waals surface area contributed by atoms with E-state index in [1.807, 2.05) is 19.1 Å². The summed E-state index contributed by atoms with van der Waals surface area (Å²) >= 11 is 0. The van der Waals surface area contributed by atoms with E-state index in [0.29, 0.717) is 6.42 Å². The number of alkyl carbamates (subject to hydrolysis) is 2. The van der Waals surface area contributed by atoms with Crippen LogP contribution in [-0.2, 0) is 51.1 Å². The monoisotopic (exact) mass is 817 g/mol. The van der Waals surface area contributed by atoms with Crippen molar-refractivity contribution in [3.63, 3.8) is 0 Å². The summed E-state index contributed by atoms with van der Waals surface area (Å²) in [5.74, 6) is -0.594. The van der Waals surface area contributed by atoms with Crippen LogP contribution in [0.15, 0.2) is 60.7 Å². The number of fused-ring (bicyclic) bond motifs is 3. The fourth-order valence-corrected chi connectivity index (χ4v) is 8.30. The van der Waals surface area contributed by atoms with Crippen molar-refractivity contribution in [3.05, 3.63) is 71.8 Å². The van der Waals surface area contributed by atoms with E-state index in [1.54, 1.807) is 55.5 Å². The quantitative estimate of drug-likeness (QED) is 0.206. The van der Waals surface area contributed by atoms with Crippen molar-refractivity contribution in [1.29, 1.82) is 0 Å². The highest BCUT2D eigenvalue weighted by atomic mass is 19.1. The molecule has 4 saturated heterocycles. The van der Waals surface area contributed by atoms with Crippen LogP contribution in [0.5, 0.6) is 0 Å². The Labute approximate surface area is 334 Å². The molecule has 1 aliphatic carbocycles. The largest absolute Gasteiger partial charge is 0.445 e. The van der Waals surface area contributed by atoms with Crippen LogP contribution in [0.2, 0.25) is 0 Å². The summed E-state index contributed by atoms with van der Waals surface area (Å²) in [6, 6.07) is 14.7. The second kappa shape index (κ2) is 18.4. The first-order valence-corrected chi connectivity index (χ1v) is 19.7. The second-order valence-electron chi connectivity index (χ2n) is 15.7. The summed E-state index contributed by atoms with van der Waals surface area (Å²) in [6.07, 6.45) is -15.0. The van der Waals surface area contributed by atoms with E-state index < -0.39 is 110 Å². The molecule has 0 bridgehead atoms. The smallest absolute Gasteiger partial charge is 0.410 e. The number of carbonyl (C=O) groups excluding carboxylic acids is 3. The number of alkyl halides is 1. The molecule has 58 heavy (non-hydrogen) atoms. The number of aliphatic hydroxyl groups excluding tert-OH is 3. The van der Waals surface area contributed by atoms with Gasteiger partial charge in [-0.15, -0.1) is 0 Å². The van der Waals surface area contributed by atoms with E-state index in [-0.39, 0.29) is 38.6 Å². The van der Waals surface area contributed by atoms with E-state index in [1.165, 1.54) is 11.9 Å². The molecule has 1 saturated carbocycles. The Hall–Kier alpha value is -4.14. The number of likely N-dealkylation sites (N-methyl/N-ethyl adjacent to an activating group) is 1. The van der Waals surface area contributed by atoms with Crippen LogP contribution in [0, 0.1) is 11.8 Å². The first-order valence-electron chi connectivity index (χ1n) is 19.7. The first-order chi connectivity index (χ1) is 27.9. The zero-order chi connectivity index (χ0) is 41.1. The second-order valence-corrected chi connectivity index (χ2v) is 15.7. The predicted molar refractivity (Wildman–Crippen MR) is 197 cm³/mol. The van der Waals surface area contributed by atoms with Crippen molar-refractivity contribution in [3.8, 4) is 0 Å².